The molecule has 0 radical (unpaired) electrons. The van der Waals surface area contributed by atoms with Crippen molar-refractivity contribution in [1.82, 2.24) is 5.32 Å². The highest BCUT2D eigenvalue weighted by molar-refractivity contribution is 5.97. The van der Waals surface area contributed by atoms with Crippen LogP contribution in [0.5, 0.6) is 5.75 Å². The van der Waals surface area contributed by atoms with Crippen molar-refractivity contribution in [2.24, 2.45) is 0 Å². The van der Waals surface area contributed by atoms with Crippen molar-refractivity contribution in [3.05, 3.63) is 112 Å². The molecule has 9 heteroatoms. The van der Waals surface area contributed by atoms with Crippen LogP contribution in [0.2, 0.25) is 0 Å². The number of carbonyl (C=O) groups excluding carboxylic acids is 2. The van der Waals surface area contributed by atoms with Gasteiger partial charge in [0.2, 0.25) is 5.91 Å². The maximum atomic E-state index is 13.4. The molecule has 4 N–H and O–H groups in total. The van der Waals surface area contributed by atoms with E-state index in [-0.39, 0.29) is 48.3 Å². The Bertz CT molecular complexity index is 1650. The molecule has 0 fully saturated rings. The van der Waals surface area contributed by atoms with Crippen molar-refractivity contribution in [1.29, 1.82) is 5.41 Å². The van der Waals surface area contributed by atoms with Crippen LogP contribution >= 0.6 is 0 Å². The summed E-state index contributed by atoms with van der Waals surface area (Å²) >= 11 is 0. The molecular weight excluding hydrogens is 548 g/mol. The summed E-state index contributed by atoms with van der Waals surface area (Å²) in [5.41, 5.74) is 4.05. The summed E-state index contributed by atoms with van der Waals surface area (Å²) in [4.78, 5) is 25.0. The molecule has 224 valence electrons. The van der Waals surface area contributed by atoms with Gasteiger partial charge in [0.1, 0.15) is 23.2 Å². The maximum Gasteiger partial charge on any atom is 0.344 e. The first kappa shape index (κ1) is 31.1. The Hall–Kier alpha value is -4.89. The summed E-state index contributed by atoms with van der Waals surface area (Å²) in [5.74, 6) is -0.0684. The minimum absolute atomic E-state index is 0.0346. The van der Waals surface area contributed by atoms with Gasteiger partial charge in [-0.05, 0) is 80.3 Å². The molecule has 1 amide bonds. The number of nitrogens with one attached hydrogen (secondary N) is 2. The molecule has 0 spiro atoms. The molecule has 9 nitrogen and oxygen atoms in total. The van der Waals surface area contributed by atoms with Crippen molar-refractivity contribution in [3.63, 3.8) is 0 Å². The van der Waals surface area contributed by atoms with Crippen molar-refractivity contribution in [2.45, 2.75) is 46.3 Å². The van der Waals surface area contributed by atoms with Gasteiger partial charge < -0.3 is 34.8 Å². The number of hydrogen-bond acceptors (Lipinski definition) is 8. The predicted octanol–water partition coefficient (Wildman–Crippen LogP) is 6.04. The van der Waals surface area contributed by atoms with Crippen LogP contribution in [0.25, 0.3) is 11.0 Å². The van der Waals surface area contributed by atoms with Crippen molar-refractivity contribution in [3.8, 4) is 5.75 Å². The quantitative estimate of drug-likeness (QED) is 0.0904. The Labute approximate surface area is 250 Å². The standard InChI is InChI=1S/C34H36N2O7/c1-5-41-31(39)19-42-26-12-13-27(20(2)15-26)33(24-9-7-6-8-10-24)36-30(38)17-23-11-14-28-25(16-23)18-29(43-28)34(40)32(21(3)35)22(4)37/h6-16,18,33-35,37,40H,5,17,19H2,1-4H3,(H,36,38)/b32-22+,35-21?. The van der Waals surface area contributed by atoms with Gasteiger partial charge in [-0.1, -0.05) is 42.5 Å². The van der Waals surface area contributed by atoms with E-state index in [1.165, 1.54) is 13.8 Å². The topological polar surface area (TPSA) is 142 Å². The van der Waals surface area contributed by atoms with Crippen molar-refractivity contribution < 1.29 is 33.7 Å². The Morgan fingerprint density at radius 3 is 2.42 bits per heavy atom. The monoisotopic (exact) mass is 584 g/mol. The van der Waals surface area contributed by atoms with E-state index in [4.69, 9.17) is 19.3 Å². The van der Waals surface area contributed by atoms with Gasteiger partial charge in [0.25, 0.3) is 0 Å². The minimum atomic E-state index is -1.29. The summed E-state index contributed by atoms with van der Waals surface area (Å²) in [6.45, 7) is 6.65. The highest BCUT2D eigenvalue weighted by atomic mass is 16.6. The van der Waals surface area contributed by atoms with Gasteiger partial charge in [0.05, 0.1) is 24.8 Å². The lowest BCUT2D eigenvalue weighted by molar-refractivity contribution is -0.145. The largest absolute Gasteiger partial charge is 0.512 e. The molecule has 0 bridgehead atoms. The number of hydrogen-bond donors (Lipinski definition) is 4. The number of rotatable bonds is 12. The molecule has 0 aliphatic carbocycles. The molecule has 2 unspecified atom stereocenters. The van der Waals surface area contributed by atoms with Gasteiger partial charge in [-0.3, -0.25) is 4.79 Å². The van der Waals surface area contributed by atoms with Crippen LogP contribution in [0.3, 0.4) is 0 Å². The van der Waals surface area contributed by atoms with Crippen LogP contribution in [-0.2, 0) is 20.7 Å². The first-order valence-corrected chi connectivity index (χ1v) is 14.0. The second-order valence-electron chi connectivity index (χ2n) is 10.2. The predicted molar refractivity (Wildman–Crippen MR) is 163 cm³/mol. The Morgan fingerprint density at radius 2 is 1.77 bits per heavy atom. The number of ether oxygens (including phenoxy) is 2. The Balaban J connectivity index is 1.53. The Kier molecular flexibility index (Phi) is 10.0. The molecule has 2 atom stereocenters. The molecule has 1 aromatic heterocycles. The number of benzene rings is 3. The van der Waals surface area contributed by atoms with Gasteiger partial charge >= 0.3 is 5.97 Å². The fourth-order valence-electron chi connectivity index (χ4n) is 4.96. The van der Waals surface area contributed by atoms with Crippen LogP contribution in [-0.4, -0.2) is 41.0 Å². The molecule has 4 rings (SSSR count). The zero-order chi connectivity index (χ0) is 31.1. The van der Waals surface area contributed by atoms with E-state index in [0.29, 0.717) is 16.7 Å². The van der Waals surface area contributed by atoms with Gasteiger partial charge in [0.15, 0.2) is 6.61 Å². The molecule has 0 aliphatic rings. The normalized spacial score (nSPS) is 13.1. The van der Waals surface area contributed by atoms with E-state index in [9.17, 15) is 19.8 Å². The highest BCUT2D eigenvalue weighted by Gasteiger charge is 2.23. The van der Waals surface area contributed by atoms with E-state index in [1.54, 1.807) is 31.2 Å². The summed E-state index contributed by atoms with van der Waals surface area (Å²) in [6, 6.07) is 21.7. The molecule has 0 saturated carbocycles. The van der Waals surface area contributed by atoms with E-state index >= 15 is 0 Å². The second kappa shape index (κ2) is 13.8. The smallest absolute Gasteiger partial charge is 0.344 e. The molecule has 3 aromatic carbocycles. The van der Waals surface area contributed by atoms with E-state index in [0.717, 1.165) is 22.3 Å². The number of aliphatic hydroxyl groups is 2. The lowest BCUT2D eigenvalue weighted by atomic mass is 9.94. The number of esters is 1. The lowest BCUT2D eigenvalue weighted by Gasteiger charge is -2.22. The fraction of sp³-hybridized carbons (Fsp3) is 0.265. The molecule has 1 heterocycles. The summed E-state index contributed by atoms with van der Waals surface area (Å²) in [7, 11) is 0. The number of amides is 1. The van der Waals surface area contributed by atoms with E-state index in [2.05, 4.69) is 5.32 Å². The van der Waals surface area contributed by atoms with Gasteiger partial charge in [-0.25, -0.2) is 4.79 Å². The van der Waals surface area contributed by atoms with E-state index in [1.807, 2.05) is 55.5 Å². The minimum Gasteiger partial charge on any atom is -0.512 e. The first-order valence-electron chi connectivity index (χ1n) is 14.0. The number of aliphatic hydroxyl groups excluding tert-OH is 2. The molecule has 43 heavy (non-hydrogen) atoms. The number of aryl methyl sites for hydroxylation is 1. The zero-order valence-electron chi connectivity index (χ0n) is 24.6. The molecule has 0 aliphatic heterocycles. The average molecular weight is 585 g/mol. The third kappa shape index (κ3) is 7.69. The van der Waals surface area contributed by atoms with Gasteiger partial charge in [-0.15, -0.1) is 0 Å². The number of carbonyl (C=O) groups is 2. The number of allylic oxidation sites excluding steroid dienone is 1. The Morgan fingerprint density at radius 1 is 1.02 bits per heavy atom. The SMILES string of the molecule is CCOC(=O)COc1ccc(C(NC(=O)Cc2ccc3oc(C(O)/C(C(C)=N)=C(\C)O)cc3c2)c2ccccc2)c(C)c1. The average Bonchev–Trinajstić information content (AvgIpc) is 3.39. The van der Waals surface area contributed by atoms with Crippen LogP contribution in [0.1, 0.15) is 60.9 Å². The highest BCUT2D eigenvalue weighted by Crippen LogP contribution is 2.31. The summed E-state index contributed by atoms with van der Waals surface area (Å²) in [5, 5.41) is 32.4. The van der Waals surface area contributed by atoms with Crippen LogP contribution in [0, 0.1) is 12.3 Å². The fourth-order valence-corrected chi connectivity index (χ4v) is 4.96. The van der Waals surface area contributed by atoms with Gasteiger partial charge in [0, 0.05) is 16.7 Å². The number of fused-ring (bicyclic) bond motifs is 1. The first-order chi connectivity index (χ1) is 20.6. The third-order valence-corrected chi connectivity index (χ3v) is 6.95. The lowest BCUT2D eigenvalue weighted by Crippen LogP contribution is -2.31. The van der Waals surface area contributed by atoms with E-state index < -0.39 is 18.1 Å². The molecular formula is C34H36N2O7. The summed E-state index contributed by atoms with van der Waals surface area (Å²) in [6.07, 6.45) is -1.19. The second-order valence-corrected chi connectivity index (χ2v) is 10.2. The van der Waals surface area contributed by atoms with Crippen LogP contribution in [0.4, 0.5) is 0 Å². The maximum absolute atomic E-state index is 13.4. The molecule has 4 aromatic rings. The van der Waals surface area contributed by atoms with Gasteiger partial charge in [-0.2, -0.15) is 0 Å². The molecule has 0 saturated heterocycles. The summed E-state index contributed by atoms with van der Waals surface area (Å²) < 4.78 is 16.3. The number of furan rings is 1. The van der Waals surface area contributed by atoms with Crippen LogP contribution < -0.4 is 10.1 Å². The van der Waals surface area contributed by atoms with Crippen LogP contribution in [0.15, 0.2) is 88.5 Å². The van der Waals surface area contributed by atoms with Crippen molar-refractivity contribution >= 4 is 28.6 Å². The van der Waals surface area contributed by atoms with Crippen molar-refractivity contribution in [2.75, 3.05) is 13.2 Å². The third-order valence-electron chi connectivity index (χ3n) is 6.95. The zero-order valence-corrected chi connectivity index (χ0v) is 24.6.